The second-order valence-electron chi connectivity index (χ2n) is 3.94. The Bertz CT molecular complexity index is 364. The highest BCUT2D eigenvalue weighted by atomic mass is 35.5. The van der Waals surface area contributed by atoms with Gasteiger partial charge in [0.15, 0.2) is 0 Å². The summed E-state index contributed by atoms with van der Waals surface area (Å²) in [5.41, 5.74) is 0.312. The maximum absolute atomic E-state index is 10.0. The van der Waals surface area contributed by atoms with Gasteiger partial charge in [-0.25, -0.2) is 0 Å². The zero-order valence-electron chi connectivity index (χ0n) is 8.59. The fraction of sp³-hybridized carbons (Fsp3) is 0.455. The van der Waals surface area contributed by atoms with Crippen LogP contribution in [0.2, 0.25) is 5.02 Å². The molecule has 1 aromatic carbocycles. The largest absolute Gasteiger partial charge is 0.495 e. The molecule has 0 bridgehead atoms. The summed E-state index contributed by atoms with van der Waals surface area (Å²) in [6, 6.07) is 5.59. The highest BCUT2D eigenvalue weighted by Gasteiger charge is 2.35. The van der Waals surface area contributed by atoms with Crippen molar-refractivity contribution in [3.63, 3.8) is 0 Å². The fourth-order valence-corrected chi connectivity index (χ4v) is 2.09. The summed E-state index contributed by atoms with van der Waals surface area (Å²) < 4.78 is 5.23. The first kappa shape index (κ1) is 10.7. The topological polar surface area (TPSA) is 41.5 Å². The predicted octanol–water partition coefficient (Wildman–Crippen LogP) is 1.23. The Morgan fingerprint density at radius 3 is 2.80 bits per heavy atom. The Balaban J connectivity index is 2.23. The van der Waals surface area contributed by atoms with E-state index in [1.165, 1.54) is 0 Å². The van der Waals surface area contributed by atoms with Gasteiger partial charge in [0.25, 0.3) is 0 Å². The van der Waals surface area contributed by atoms with Crippen molar-refractivity contribution in [3.8, 4) is 5.75 Å². The molecule has 1 aromatic rings. The number of β-amino-alcohol motifs (C(OH)–C–C–N with tert-alkyl or cyclic N) is 1. The van der Waals surface area contributed by atoms with Crippen LogP contribution in [0.15, 0.2) is 18.2 Å². The molecule has 3 nitrogen and oxygen atoms in total. The summed E-state index contributed by atoms with van der Waals surface area (Å²) in [6.45, 7) is 1.26. The Kier molecular flexibility index (Phi) is 2.87. The van der Waals surface area contributed by atoms with Crippen LogP contribution in [-0.4, -0.2) is 30.9 Å². The second-order valence-corrected chi connectivity index (χ2v) is 4.34. The van der Waals surface area contributed by atoms with Crippen molar-refractivity contribution in [2.45, 2.75) is 12.0 Å². The summed E-state index contributed by atoms with van der Waals surface area (Å²) in [7, 11) is 1.59. The van der Waals surface area contributed by atoms with Crippen LogP contribution in [0.5, 0.6) is 5.75 Å². The van der Waals surface area contributed by atoms with Crippen LogP contribution in [0.1, 0.15) is 5.56 Å². The van der Waals surface area contributed by atoms with Gasteiger partial charge in [-0.1, -0.05) is 23.7 Å². The van der Waals surface area contributed by atoms with Crippen LogP contribution in [0.3, 0.4) is 0 Å². The zero-order valence-corrected chi connectivity index (χ0v) is 9.34. The minimum absolute atomic E-state index is 0.573. The monoisotopic (exact) mass is 227 g/mol. The molecule has 0 radical (unpaired) electrons. The number of benzene rings is 1. The molecule has 1 aliphatic rings. The van der Waals surface area contributed by atoms with E-state index >= 15 is 0 Å². The predicted molar refractivity (Wildman–Crippen MR) is 59.5 cm³/mol. The Hall–Kier alpha value is -0.770. The molecule has 0 spiro atoms. The van der Waals surface area contributed by atoms with Gasteiger partial charge < -0.3 is 15.2 Å². The van der Waals surface area contributed by atoms with Gasteiger partial charge in [-0.15, -0.1) is 0 Å². The molecule has 1 fully saturated rings. The molecule has 0 aliphatic carbocycles. The molecule has 2 N–H and O–H groups in total. The maximum Gasteiger partial charge on any atom is 0.140 e. The smallest absolute Gasteiger partial charge is 0.140 e. The van der Waals surface area contributed by atoms with Gasteiger partial charge in [0.2, 0.25) is 0 Å². The first-order valence-corrected chi connectivity index (χ1v) is 5.27. The first-order chi connectivity index (χ1) is 7.14. The summed E-state index contributed by atoms with van der Waals surface area (Å²) >= 11 is 6.00. The third-order valence-corrected chi connectivity index (χ3v) is 2.98. The van der Waals surface area contributed by atoms with Gasteiger partial charge in [0.05, 0.1) is 17.7 Å². The van der Waals surface area contributed by atoms with E-state index in [0.29, 0.717) is 30.3 Å². The fourth-order valence-electron chi connectivity index (χ4n) is 1.81. The van der Waals surface area contributed by atoms with Crippen molar-refractivity contribution >= 4 is 11.6 Å². The van der Waals surface area contributed by atoms with Crippen molar-refractivity contribution in [1.29, 1.82) is 0 Å². The van der Waals surface area contributed by atoms with Crippen LogP contribution < -0.4 is 10.1 Å². The normalized spacial score (nSPS) is 18.3. The minimum atomic E-state index is -0.641. The van der Waals surface area contributed by atoms with Gasteiger partial charge >= 0.3 is 0 Å². The number of halogens is 1. The van der Waals surface area contributed by atoms with E-state index in [9.17, 15) is 5.11 Å². The molecule has 0 unspecified atom stereocenters. The van der Waals surface area contributed by atoms with E-state index in [0.717, 1.165) is 5.56 Å². The third kappa shape index (κ3) is 2.09. The number of methoxy groups -OCH3 is 1. The molecular formula is C11H14ClNO2. The number of aliphatic hydroxyl groups is 1. The van der Waals surface area contributed by atoms with Gasteiger partial charge in [-0.3, -0.25) is 0 Å². The van der Waals surface area contributed by atoms with Crippen LogP contribution >= 0.6 is 11.6 Å². The molecule has 1 saturated heterocycles. The third-order valence-electron chi connectivity index (χ3n) is 2.68. The number of rotatable bonds is 3. The Morgan fingerprint density at radius 2 is 2.27 bits per heavy atom. The molecule has 82 valence electrons. The maximum atomic E-state index is 10.0. The second kappa shape index (κ2) is 4.00. The lowest BCUT2D eigenvalue weighted by atomic mass is 9.89. The lowest BCUT2D eigenvalue weighted by molar-refractivity contribution is -0.00942. The molecule has 0 saturated carbocycles. The Morgan fingerprint density at radius 1 is 1.53 bits per heavy atom. The molecular weight excluding hydrogens is 214 g/mol. The van der Waals surface area contributed by atoms with Crippen molar-refractivity contribution in [2.24, 2.45) is 0 Å². The highest BCUT2D eigenvalue weighted by Crippen LogP contribution is 2.31. The van der Waals surface area contributed by atoms with Crippen LogP contribution in [0, 0.1) is 0 Å². The van der Waals surface area contributed by atoms with Crippen molar-refractivity contribution in [2.75, 3.05) is 20.2 Å². The summed E-state index contributed by atoms with van der Waals surface area (Å²) in [4.78, 5) is 0. The molecule has 1 aliphatic heterocycles. The van der Waals surface area contributed by atoms with E-state index in [4.69, 9.17) is 16.3 Å². The lowest BCUT2D eigenvalue weighted by Gasteiger charge is -2.38. The highest BCUT2D eigenvalue weighted by molar-refractivity contribution is 6.32. The number of hydrogen-bond donors (Lipinski definition) is 2. The summed E-state index contributed by atoms with van der Waals surface area (Å²) in [5, 5.41) is 13.7. The van der Waals surface area contributed by atoms with Crippen LogP contribution in [0.25, 0.3) is 0 Å². The van der Waals surface area contributed by atoms with Gasteiger partial charge in [0.1, 0.15) is 5.75 Å². The van der Waals surface area contributed by atoms with E-state index in [2.05, 4.69) is 5.32 Å². The van der Waals surface area contributed by atoms with Gasteiger partial charge in [-0.2, -0.15) is 0 Å². The van der Waals surface area contributed by atoms with E-state index in [1.54, 1.807) is 13.2 Å². The summed E-state index contributed by atoms with van der Waals surface area (Å²) in [5.74, 6) is 0.666. The SMILES string of the molecule is COc1c(Cl)cccc1CC1(O)CNC1. The number of ether oxygens (including phenoxy) is 1. The van der Waals surface area contributed by atoms with Gasteiger partial charge in [0, 0.05) is 19.5 Å². The van der Waals surface area contributed by atoms with Crippen molar-refractivity contribution in [3.05, 3.63) is 28.8 Å². The Labute approximate surface area is 94.0 Å². The van der Waals surface area contributed by atoms with E-state index in [1.807, 2.05) is 12.1 Å². The number of para-hydroxylation sites is 1. The van der Waals surface area contributed by atoms with Crippen molar-refractivity contribution in [1.82, 2.24) is 5.32 Å². The van der Waals surface area contributed by atoms with E-state index in [-0.39, 0.29) is 0 Å². The quantitative estimate of drug-likeness (QED) is 0.816. The lowest BCUT2D eigenvalue weighted by Crippen LogP contribution is -2.60. The van der Waals surface area contributed by atoms with Crippen molar-refractivity contribution < 1.29 is 9.84 Å². The first-order valence-electron chi connectivity index (χ1n) is 4.89. The summed E-state index contributed by atoms with van der Waals surface area (Å²) in [6.07, 6.45) is 0.573. The average Bonchev–Trinajstić information content (AvgIpc) is 2.16. The minimum Gasteiger partial charge on any atom is -0.495 e. The molecule has 2 rings (SSSR count). The molecule has 1 heterocycles. The number of nitrogens with one attached hydrogen (secondary N) is 1. The molecule has 4 heteroatoms. The van der Waals surface area contributed by atoms with Crippen LogP contribution in [-0.2, 0) is 6.42 Å². The molecule has 0 atom stereocenters. The number of hydrogen-bond acceptors (Lipinski definition) is 3. The molecule has 15 heavy (non-hydrogen) atoms. The van der Waals surface area contributed by atoms with E-state index < -0.39 is 5.60 Å². The molecule has 0 aromatic heterocycles. The molecule has 0 amide bonds. The average molecular weight is 228 g/mol. The zero-order chi connectivity index (χ0) is 10.9. The van der Waals surface area contributed by atoms with Gasteiger partial charge in [-0.05, 0) is 11.6 Å². The standard InChI is InChI=1S/C11H14ClNO2/c1-15-10-8(3-2-4-9(10)12)5-11(14)6-13-7-11/h2-4,13-14H,5-7H2,1H3. The van der Waals surface area contributed by atoms with Crippen LogP contribution in [0.4, 0.5) is 0 Å².